The topological polar surface area (TPSA) is 127 Å². The first-order valence-electron chi connectivity index (χ1n) is 13.9. The molecule has 0 aromatic heterocycles. The zero-order valence-electron chi connectivity index (χ0n) is 22.4. The van der Waals surface area contributed by atoms with Gasteiger partial charge < -0.3 is 29.4 Å². The molecule has 10 heteroatoms. The van der Waals surface area contributed by atoms with Gasteiger partial charge in [0.15, 0.2) is 30.4 Å². The maximum Gasteiger partial charge on any atom is 0.223 e. The summed E-state index contributed by atoms with van der Waals surface area (Å²) in [6, 6.07) is 10.4. The smallest absolute Gasteiger partial charge is 0.223 e. The van der Waals surface area contributed by atoms with E-state index in [1.165, 1.54) is 0 Å². The quantitative estimate of drug-likeness (QED) is 0.522. The van der Waals surface area contributed by atoms with Crippen molar-refractivity contribution in [1.82, 2.24) is 4.90 Å². The number of aryl methyl sites for hydroxylation is 1. The van der Waals surface area contributed by atoms with Crippen molar-refractivity contribution < 1.29 is 38.1 Å². The first kappa shape index (κ1) is 25.9. The molecule has 2 aliphatic carbocycles. The van der Waals surface area contributed by atoms with E-state index >= 15 is 0 Å². The molecule has 10 nitrogen and oxygen atoms in total. The van der Waals surface area contributed by atoms with E-state index < -0.39 is 30.5 Å². The van der Waals surface area contributed by atoms with Crippen LogP contribution in [0.5, 0.6) is 0 Å². The number of rotatable bonds is 4. The molecule has 0 radical (unpaired) electrons. The molecule has 0 spiro atoms. The molecule has 0 saturated carbocycles. The number of hydrogen-bond acceptors (Lipinski definition) is 9. The second-order valence-electron chi connectivity index (χ2n) is 11.2. The molecular formula is C30H32N2O8. The fourth-order valence-corrected chi connectivity index (χ4v) is 7.10. The van der Waals surface area contributed by atoms with E-state index in [0.717, 1.165) is 5.56 Å². The van der Waals surface area contributed by atoms with Gasteiger partial charge in [-0.3, -0.25) is 19.3 Å². The second-order valence-corrected chi connectivity index (χ2v) is 11.2. The van der Waals surface area contributed by atoms with Crippen molar-refractivity contribution in [3.63, 3.8) is 0 Å². The van der Waals surface area contributed by atoms with Crippen molar-refractivity contribution in [2.75, 3.05) is 20.3 Å². The van der Waals surface area contributed by atoms with Gasteiger partial charge in [0.25, 0.3) is 0 Å². The number of benzene rings is 2. The van der Waals surface area contributed by atoms with Crippen LogP contribution in [0.15, 0.2) is 36.4 Å². The minimum atomic E-state index is -0.713. The van der Waals surface area contributed by atoms with Crippen LogP contribution in [0.25, 0.3) is 0 Å². The summed E-state index contributed by atoms with van der Waals surface area (Å²) in [6.07, 6.45) is -1.06. The number of carbonyl (C=O) groups is 3. The highest BCUT2D eigenvalue weighted by Crippen LogP contribution is 2.44. The number of nitrogens with zero attached hydrogens (tertiary/aromatic N) is 1. The SMILES string of the molecule is CO[C@H]1OCCN2[C@@H]1O[C@@H]1[C@H](C)O[C@@H](OC3c4cc5c(cc4CCC3C(N)=O)C(=O)c3ccccc3C5=O)C[C@@H]12. The second kappa shape index (κ2) is 9.83. The van der Waals surface area contributed by atoms with Crippen LogP contribution in [-0.4, -0.2) is 79.7 Å². The summed E-state index contributed by atoms with van der Waals surface area (Å²) in [6.45, 7) is 3.18. The van der Waals surface area contributed by atoms with Crippen molar-refractivity contribution >= 4 is 17.5 Å². The molecule has 7 rings (SSSR count). The van der Waals surface area contributed by atoms with Crippen LogP contribution in [0.2, 0.25) is 0 Å². The lowest BCUT2D eigenvalue weighted by Gasteiger charge is -2.42. The van der Waals surface area contributed by atoms with Crippen LogP contribution in [0.1, 0.15) is 68.8 Å². The van der Waals surface area contributed by atoms with Crippen molar-refractivity contribution in [1.29, 1.82) is 0 Å². The van der Waals surface area contributed by atoms with E-state index in [0.29, 0.717) is 60.2 Å². The number of amides is 1. The van der Waals surface area contributed by atoms with E-state index in [9.17, 15) is 14.4 Å². The standard InChI is InChI=1S/C30H32N2O8/c1-14-26-22(32-9-10-37-30(36-2)29(32)40-26)13-23(38-14)39-27-18(28(31)35)8-7-15-11-20-21(12-19(15)27)25(34)17-6-4-3-5-16(17)24(20)33/h3-6,11-12,14,18,22-23,26-27,29-30H,7-10,13H2,1-2H3,(H2,31,35)/t14-,18?,22-,23-,26+,27?,29+,30-/m0/s1. The van der Waals surface area contributed by atoms with E-state index in [1.54, 1.807) is 43.5 Å². The Kier molecular flexibility index (Phi) is 6.38. The number of fused-ring (bicyclic) bond motifs is 6. The predicted octanol–water partition coefficient (Wildman–Crippen LogP) is 2.10. The number of ketones is 2. The third-order valence-corrected chi connectivity index (χ3v) is 9.03. The molecule has 40 heavy (non-hydrogen) atoms. The maximum absolute atomic E-state index is 13.5. The first-order chi connectivity index (χ1) is 19.4. The molecular weight excluding hydrogens is 516 g/mol. The van der Waals surface area contributed by atoms with Gasteiger partial charge in [-0.15, -0.1) is 0 Å². The number of methoxy groups -OCH3 is 1. The third kappa shape index (κ3) is 3.97. The Morgan fingerprint density at radius 1 is 1.05 bits per heavy atom. The molecule has 3 fully saturated rings. The molecule has 3 aliphatic heterocycles. The summed E-state index contributed by atoms with van der Waals surface area (Å²) < 4.78 is 30.4. The van der Waals surface area contributed by atoms with E-state index in [-0.39, 0.29) is 36.0 Å². The zero-order chi connectivity index (χ0) is 27.7. The van der Waals surface area contributed by atoms with Gasteiger partial charge in [0.05, 0.1) is 24.7 Å². The predicted molar refractivity (Wildman–Crippen MR) is 139 cm³/mol. The number of nitrogens with two attached hydrogens (primary N) is 1. The summed E-state index contributed by atoms with van der Waals surface area (Å²) in [4.78, 5) is 41.6. The number of morpholine rings is 1. The van der Waals surface area contributed by atoms with Gasteiger partial charge in [0, 0.05) is 48.4 Å². The van der Waals surface area contributed by atoms with E-state index in [4.69, 9.17) is 29.4 Å². The fourth-order valence-electron chi connectivity index (χ4n) is 7.10. The van der Waals surface area contributed by atoms with Gasteiger partial charge in [-0.1, -0.05) is 24.3 Å². The summed E-state index contributed by atoms with van der Waals surface area (Å²) in [7, 11) is 1.60. The van der Waals surface area contributed by atoms with Crippen LogP contribution >= 0.6 is 0 Å². The van der Waals surface area contributed by atoms with Crippen LogP contribution < -0.4 is 5.73 Å². The van der Waals surface area contributed by atoms with Crippen LogP contribution in [-0.2, 0) is 34.9 Å². The van der Waals surface area contributed by atoms with Gasteiger partial charge in [0.1, 0.15) is 6.10 Å². The lowest BCUT2D eigenvalue weighted by Crippen LogP contribution is -2.55. The summed E-state index contributed by atoms with van der Waals surface area (Å²) in [5.41, 5.74) is 8.95. The lowest BCUT2D eigenvalue weighted by molar-refractivity contribution is -0.256. The summed E-state index contributed by atoms with van der Waals surface area (Å²) >= 11 is 0. The minimum Gasteiger partial charge on any atom is -0.369 e. The number of hydrogen-bond donors (Lipinski definition) is 1. The first-order valence-corrected chi connectivity index (χ1v) is 13.9. The van der Waals surface area contributed by atoms with Gasteiger partial charge >= 0.3 is 0 Å². The molecule has 2 unspecified atom stereocenters. The maximum atomic E-state index is 13.5. The Hall–Kier alpha value is -2.99. The highest BCUT2D eigenvalue weighted by atomic mass is 16.7. The average molecular weight is 549 g/mol. The highest BCUT2D eigenvalue weighted by molar-refractivity contribution is 6.28. The monoisotopic (exact) mass is 548 g/mol. The molecule has 1 amide bonds. The van der Waals surface area contributed by atoms with E-state index in [1.807, 2.05) is 6.92 Å². The molecule has 8 atom stereocenters. The Morgan fingerprint density at radius 2 is 1.77 bits per heavy atom. The Bertz CT molecular complexity index is 1390. The molecule has 2 N–H and O–H groups in total. The van der Waals surface area contributed by atoms with Crippen molar-refractivity contribution in [2.45, 2.75) is 69.3 Å². The lowest BCUT2D eigenvalue weighted by atomic mass is 9.75. The number of carbonyl (C=O) groups excluding carboxylic acids is 3. The Balaban J connectivity index is 1.21. The zero-order valence-corrected chi connectivity index (χ0v) is 22.4. The number of primary amides is 1. The average Bonchev–Trinajstić information content (AvgIpc) is 3.34. The van der Waals surface area contributed by atoms with Crippen molar-refractivity contribution in [3.8, 4) is 0 Å². The fraction of sp³-hybridized carbons (Fsp3) is 0.500. The normalized spacial score (nSPS) is 34.9. The van der Waals surface area contributed by atoms with Crippen LogP contribution in [0.3, 0.4) is 0 Å². The van der Waals surface area contributed by atoms with Crippen molar-refractivity contribution in [2.24, 2.45) is 11.7 Å². The van der Waals surface area contributed by atoms with Crippen molar-refractivity contribution in [3.05, 3.63) is 69.8 Å². The highest BCUT2D eigenvalue weighted by Gasteiger charge is 2.54. The van der Waals surface area contributed by atoms with E-state index in [2.05, 4.69) is 4.90 Å². The van der Waals surface area contributed by atoms with Crippen LogP contribution in [0, 0.1) is 5.92 Å². The molecule has 3 heterocycles. The molecule has 5 aliphatic rings. The van der Waals surface area contributed by atoms with Gasteiger partial charge in [-0.2, -0.15) is 0 Å². The molecule has 210 valence electrons. The Morgan fingerprint density at radius 3 is 2.48 bits per heavy atom. The molecule has 0 bridgehead atoms. The number of ether oxygens (including phenoxy) is 5. The minimum absolute atomic E-state index is 0.0228. The molecule has 2 aromatic rings. The third-order valence-electron chi connectivity index (χ3n) is 9.03. The van der Waals surface area contributed by atoms with Gasteiger partial charge in [-0.25, -0.2) is 0 Å². The largest absolute Gasteiger partial charge is 0.369 e. The van der Waals surface area contributed by atoms with Gasteiger partial charge in [-0.05, 0) is 43.0 Å². The molecule has 3 saturated heterocycles. The summed E-state index contributed by atoms with van der Waals surface area (Å²) in [5.74, 6) is -1.46. The molecule has 2 aromatic carbocycles. The van der Waals surface area contributed by atoms with Gasteiger partial charge in [0.2, 0.25) is 5.91 Å². The summed E-state index contributed by atoms with van der Waals surface area (Å²) in [5, 5.41) is 0. The van der Waals surface area contributed by atoms with Crippen LogP contribution in [0.4, 0.5) is 0 Å². The Labute approximate surface area is 231 Å².